The van der Waals surface area contributed by atoms with Crippen molar-refractivity contribution in [3.05, 3.63) is 89.6 Å². The smallest absolute Gasteiger partial charge is 0.247 e. The minimum Gasteiger partial charge on any atom is -0.436 e. The molecule has 3 N–H and O–H groups in total. The molecule has 0 aliphatic rings. The topological polar surface area (TPSA) is 90.4 Å². The van der Waals surface area contributed by atoms with Crippen molar-refractivity contribution >= 4 is 11.6 Å². The highest BCUT2D eigenvalue weighted by atomic mass is 19.1. The zero-order chi connectivity index (χ0) is 21.1. The van der Waals surface area contributed by atoms with E-state index in [1.54, 1.807) is 35.0 Å². The first-order chi connectivity index (χ1) is 14.5. The van der Waals surface area contributed by atoms with Crippen LogP contribution in [-0.2, 0) is 13.0 Å². The number of nitrogens with one attached hydrogen (secondary N) is 1. The quantitative estimate of drug-likeness (QED) is 0.484. The number of pyridine rings is 2. The highest BCUT2D eigenvalue weighted by molar-refractivity contribution is 5.51. The van der Waals surface area contributed by atoms with E-state index in [9.17, 15) is 4.39 Å². The molecular formula is C22H21FN6O. The molecule has 0 saturated heterocycles. The number of benzene rings is 1. The Labute approximate surface area is 173 Å². The standard InChI is InChI=1S/C22H21FN6O/c1-14-5-4-10-29-20(14)27-22(28-29)26-15(2)11-16-7-8-19(18(23)12-16)30-21-17(13-24)6-3-9-25-21/h3-10,12H,2,11,13,24H2,1H3,(H,26,28). The van der Waals surface area contributed by atoms with Gasteiger partial charge in [-0.2, -0.15) is 4.98 Å². The number of aryl methyl sites for hydroxylation is 1. The summed E-state index contributed by atoms with van der Waals surface area (Å²) in [4.78, 5) is 8.58. The van der Waals surface area contributed by atoms with Crippen LogP contribution in [0.2, 0.25) is 0 Å². The Morgan fingerprint density at radius 1 is 1.27 bits per heavy atom. The summed E-state index contributed by atoms with van der Waals surface area (Å²) in [6.45, 7) is 6.23. The van der Waals surface area contributed by atoms with E-state index in [4.69, 9.17) is 10.5 Å². The van der Waals surface area contributed by atoms with Crippen molar-refractivity contribution in [3.63, 3.8) is 0 Å². The molecule has 4 rings (SSSR count). The van der Waals surface area contributed by atoms with Crippen LogP contribution >= 0.6 is 0 Å². The lowest BCUT2D eigenvalue weighted by atomic mass is 10.1. The summed E-state index contributed by atoms with van der Waals surface area (Å²) in [5, 5.41) is 7.45. The van der Waals surface area contributed by atoms with E-state index < -0.39 is 5.82 Å². The molecule has 0 atom stereocenters. The number of allylic oxidation sites excluding steroid dienone is 1. The normalized spacial score (nSPS) is 10.9. The van der Waals surface area contributed by atoms with Gasteiger partial charge in [-0.3, -0.25) is 0 Å². The molecule has 0 radical (unpaired) electrons. The summed E-state index contributed by atoms with van der Waals surface area (Å²) in [5.41, 5.74) is 9.55. The maximum Gasteiger partial charge on any atom is 0.247 e. The lowest BCUT2D eigenvalue weighted by Gasteiger charge is -2.11. The molecule has 3 aromatic heterocycles. The van der Waals surface area contributed by atoms with Crippen LogP contribution < -0.4 is 15.8 Å². The molecule has 0 aliphatic carbocycles. The number of rotatable bonds is 7. The van der Waals surface area contributed by atoms with Crippen molar-refractivity contribution in [2.75, 3.05) is 5.32 Å². The molecular weight excluding hydrogens is 383 g/mol. The molecule has 0 unspecified atom stereocenters. The number of nitrogens with two attached hydrogens (primary N) is 1. The van der Waals surface area contributed by atoms with Crippen LogP contribution in [0.5, 0.6) is 11.6 Å². The Morgan fingerprint density at radius 3 is 2.90 bits per heavy atom. The van der Waals surface area contributed by atoms with Crippen LogP contribution in [0.1, 0.15) is 16.7 Å². The van der Waals surface area contributed by atoms with Gasteiger partial charge in [0.2, 0.25) is 11.8 Å². The molecule has 152 valence electrons. The van der Waals surface area contributed by atoms with Crippen LogP contribution in [0.15, 0.2) is 67.1 Å². The average Bonchev–Trinajstić information content (AvgIpc) is 3.14. The monoisotopic (exact) mass is 404 g/mol. The average molecular weight is 404 g/mol. The SMILES string of the molecule is C=C(Cc1ccc(Oc2ncccc2CN)c(F)c1)Nc1nc2c(C)cccn2n1. The molecule has 7 nitrogen and oxygen atoms in total. The van der Waals surface area contributed by atoms with Crippen molar-refractivity contribution in [1.82, 2.24) is 19.6 Å². The summed E-state index contributed by atoms with van der Waals surface area (Å²) in [6.07, 6.45) is 3.81. The van der Waals surface area contributed by atoms with E-state index in [1.165, 1.54) is 6.07 Å². The first-order valence-electron chi connectivity index (χ1n) is 9.40. The van der Waals surface area contributed by atoms with Crippen molar-refractivity contribution in [2.45, 2.75) is 19.9 Å². The first kappa shape index (κ1) is 19.5. The van der Waals surface area contributed by atoms with Crippen molar-refractivity contribution in [3.8, 4) is 11.6 Å². The van der Waals surface area contributed by atoms with Gasteiger partial charge >= 0.3 is 0 Å². The zero-order valence-corrected chi connectivity index (χ0v) is 16.5. The number of anilines is 1. The van der Waals surface area contributed by atoms with Gasteiger partial charge in [-0.05, 0) is 42.3 Å². The van der Waals surface area contributed by atoms with E-state index in [2.05, 4.69) is 27.0 Å². The molecule has 1 aromatic carbocycles. The zero-order valence-electron chi connectivity index (χ0n) is 16.5. The Morgan fingerprint density at radius 2 is 2.13 bits per heavy atom. The van der Waals surface area contributed by atoms with Crippen molar-refractivity contribution in [2.24, 2.45) is 5.73 Å². The summed E-state index contributed by atoms with van der Waals surface area (Å²) in [7, 11) is 0. The highest BCUT2D eigenvalue weighted by Crippen LogP contribution is 2.26. The molecule has 3 heterocycles. The molecule has 0 fully saturated rings. The molecule has 0 amide bonds. The number of halogens is 1. The molecule has 0 bridgehead atoms. The van der Waals surface area contributed by atoms with Crippen LogP contribution in [0, 0.1) is 12.7 Å². The van der Waals surface area contributed by atoms with Gasteiger partial charge in [0.05, 0.1) is 0 Å². The number of hydrogen-bond acceptors (Lipinski definition) is 6. The Balaban J connectivity index is 1.45. The van der Waals surface area contributed by atoms with E-state index in [-0.39, 0.29) is 12.3 Å². The van der Waals surface area contributed by atoms with Crippen LogP contribution in [0.25, 0.3) is 5.65 Å². The maximum atomic E-state index is 14.6. The number of fused-ring (bicyclic) bond motifs is 1. The fourth-order valence-electron chi connectivity index (χ4n) is 3.05. The van der Waals surface area contributed by atoms with Crippen molar-refractivity contribution in [1.29, 1.82) is 0 Å². The molecule has 30 heavy (non-hydrogen) atoms. The summed E-state index contributed by atoms with van der Waals surface area (Å²) in [5.74, 6) is 0.337. The van der Waals surface area contributed by atoms with E-state index in [0.717, 1.165) is 16.8 Å². The second kappa shape index (κ2) is 8.30. The van der Waals surface area contributed by atoms with Gasteiger partial charge in [-0.1, -0.05) is 24.8 Å². The van der Waals surface area contributed by atoms with Gasteiger partial charge in [-0.25, -0.2) is 13.9 Å². The largest absolute Gasteiger partial charge is 0.436 e. The molecule has 0 spiro atoms. The predicted octanol–water partition coefficient (Wildman–Crippen LogP) is 3.99. The maximum absolute atomic E-state index is 14.6. The van der Waals surface area contributed by atoms with Gasteiger partial charge in [-0.15, -0.1) is 5.10 Å². The third-order valence-electron chi connectivity index (χ3n) is 4.54. The Bertz CT molecular complexity index is 1220. The minimum atomic E-state index is -0.490. The fourth-order valence-corrected chi connectivity index (χ4v) is 3.05. The van der Waals surface area contributed by atoms with Gasteiger partial charge in [0.1, 0.15) is 0 Å². The summed E-state index contributed by atoms with van der Waals surface area (Å²) < 4.78 is 21.9. The van der Waals surface area contributed by atoms with Crippen LogP contribution in [0.3, 0.4) is 0 Å². The Kier molecular flexibility index (Phi) is 5.40. The molecule has 4 aromatic rings. The summed E-state index contributed by atoms with van der Waals surface area (Å²) in [6, 6.07) is 12.2. The van der Waals surface area contributed by atoms with Crippen molar-refractivity contribution < 1.29 is 9.13 Å². The van der Waals surface area contributed by atoms with Gasteiger partial charge < -0.3 is 15.8 Å². The second-order valence-corrected chi connectivity index (χ2v) is 6.84. The number of aromatic nitrogens is 4. The third-order valence-corrected chi connectivity index (χ3v) is 4.54. The Hall–Kier alpha value is -3.78. The molecule has 8 heteroatoms. The van der Waals surface area contributed by atoms with Gasteiger partial charge in [0.25, 0.3) is 0 Å². The third kappa shape index (κ3) is 4.13. The number of ether oxygens (including phenoxy) is 1. The molecule has 0 aliphatic heterocycles. The second-order valence-electron chi connectivity index (χ2n) is 6.84. The summed E-state index contributed by atoms with van der Waals surface area (Å²) >= 11 is 0. The van der Waals surface area contributed by atoms with Crippen LogP contribution in [-0.4, -0.2) is 19.6 Å². The minimum absolute atomic E-state index is 0.0863. The predicted molar refractivity (Wildman–Crippen MR) is 113 cm³/mol. The van der Waals surface area contributed by atoms with Gasteiger partial charge in [0, 0.05) is 36.6 Å². The van der Waals surface area contributed by atoms with E-state index in [0.29, 0.717) is 29.5 Å². The highest BCUT2D eigenvalue weighted by Gasteiger charge is 2.11. The number of nitrogens with zero attached hydrogens (tertiary/aromatic N) is 4. The molecule has 0 saturated carbocycles. The van der Waals surface area contributed by atoms with E-state index in [1.807, 2.05) is 25.3 Å². The van der Waals surface area contributed by atoms with Gasteiger partial charge in [0.15, 0.2) is 17.2 Å². The number of hydrogen-bond donors (Lipinski definition) is 2. The first-order valence-corrected chi connectivity index (χ1v) is 9.40. The fraction of sp³-hybridized carbons (Fsp3) is 0.136. The lowest BCUT2D eigenvalue weighted by Crippen LogP contribution is -2.04. The van der Waals surface area contributed by atoms with E-state index >= 15 is 0 Å². The van der Waals surface area contributed by atoms with Crippen LogP contribution in [0.4, 0.5) is 10.3 Å². The lowest BCUT2D eigenvalue weighted by molar-refractivity contribution is 0.422.